The fourth-order valence-electron chi connectivity index (χ4n) is 2.44. The SMILES string of the molecule is COc1ccc(C=CC(=O)NCc2cc(C(=O)O)c(C)o2)cc1S(=O)(=O)N(C)C. The predicted octanol–water partition coefficient (Wildman–Crippen LogP) is 1.87. The van der Waals surface area contributed by atoms with Gasteiger partial charge in [0.15, 0.2) is 0 Å². The summed E-state index contributed by atoms with van der Waals surface area (Å²) in [5.74, 6) is -0.797. The molecule has 0 aliphatic carbocycles. The van der Waals surface area contributed by atoms with E-state index in [1.807, 2.05) is 0 Å². The highest BCUT2D eigenvalue weighted by Crippen LogP contribution is 2.27. The van der Waals surface area contributed by atoms with Crippen LogP contribution in [-0.2, 0) is 21.4 Å². The number of aromatic carboxylic acids is 1. The summed E-state index contributed by atoms with van der Waals surface area (Å²) in [4.78, 5) is 23.0. The van der Waals surface area contributed by atoms with Crippen LogP contribution in [0.1, 0.15) is 27.4 Å². The number of sulfonamides is 1. The maximum atomic E-state index is 12.4. The molecule has 0 saturated carbocycles. The number of carbonyl (C=O) groups is 2. The molecule has 0 saturated heterocycles. The quantitative estimate of drug-likeness (QED) is 0.622. The highest BCUT2D eigenvalue weighted by molar-refractivity contribution is 7.89. The fraction of sp³-hybridized carbons (Fsp3) is 0.263. The Bertz CT molecular complexity index is 1050. The lowest BCUT2D eigenvalue weighted by Crippen LogP contribution is -2.22. The number of ether oxygens (including phenoxy) is 1. The van der Waals surface area contributed by atoms with Crippen molar-refractivity contribution in [3.63, 3.8) is 0 Å². The van der Waals surface area contributed by atoms with Gasteiger partial charge in [-0.1, -0.05) is 6.07 Å². The number of furan rings is 1. The molecule has 1 aromatic heterocycles. The van der Waals surface area contributed by atoms with E-state index in [-0.39, 0.29) is 28.5 Å². The van der Waals surface area contributed by atoms with Gasteiger partial charge in [-0.05, 0) is 36.8 Å². The van der Waals surface area contributed by atoms with Crippen molar-refractivity contribution in [2.75, 3.05) is 21.2 Å². The van der Waals surface area contributed by atoms with E-state index in [1.165, 1.54) is 58.5 Å². The zero-order valence-electron chi connectivity index (χ0n) is 16.4. The average Bonchev–Trinajstić information content (AvgIpc) is 3.05. The maximum Gasteiger partial charge on any atom is 0.339 e. The Labute approximate surface area is 168 Å². The van der Waals surface area contributed by atoms with Gasteiger partial charge in [0.2, 0.25) is 15.9 Å². The Kier molecular flexibility index (Phi) is 6.83. The molecule has 1 heterocycles. The molecule has 29 heavy (non-hydrogen) atoms. The number of amides is 1. The Morgan fingerprint density at radius 2 is 1.97 bits per heavy atom. The van der Waals surface area contributed by atoms with Gasteiger partial charge in [-0.2, -0.15) is 0 Å². The van der Waals surface area contributed by atoms with Crippen molar-refractivity contribution < 1.29 is 32.3 Å². The molecule has 156 valence electrons. The molecule has 2 rings (SSSR count). The van der Waals surface area contributed by atoms with Crippen LogP contribution < -0.4 is 10.1 Å². The van der Waals surface area contributed by atoms with Crippen LogP contribution in [0.5, 0.6) is 5.75 Å². The van der Waals surface area contributed by atoms with Crippen LogP contribution in [-0.4, -0.2) is 50.9 Å². The number of carbonyl (C=O) groups excluding carboxylic acids is 1. The second kappa shape index (κ2) is 8.93. The molecule has 0 atom stereocenters. The van der Waals surface area contributed by atoms with Gasteiger partial charge in [-0.25, -0.2) is 17.5 Å². The van der Waals surface area contributed by atoms with Crippen molar-refractivity contribution in [1.82, 2.24) is 9.62 Å². The van der Waals surface area contributed by atoms with Crippen molar-refractivity contribution in [2.45, 2.75) is 18.4 Å². The molecule has 1 amide bonds. The largest absolute Gasteiger partial charge is 0.495 e. The summed E-state index contributed by atoms with van der Waals surface area (Å²) in [6.45, 7) is 1.54. The molecule has 0 fully saturated rings. The van der Waals surface area contributed by atoms with Crippen LogP contribution in [0.4, 0.5) is 0 Å². The zero-order valence-corrected chi connectivity index (χ0v) is 17.2. The van der Waals surface area contributed by atoms with E-state index >= 15 is 0 Å². The van der Waals surface area contributed by atoms with E-state index in [2.05, 4.69) is 5.32 Å². The van der Waals surface area contributed by atoms with E-state index in [4.69, 9.17) is 14.3 Å². The molecule has 2 aromatic rings. The van der Waals surface area contributed by atoms with E-state index in [0.717, 1.165) is 4.31 Å². The Hall–Kier alpha value is -3.11. The summed E-state index contributed by atoms with van der Waals surface area (Å²) in [6.07, 6.45) is 2.70. The summed E-state index contributed by atoms with van der Waals surface area (Å²) in [5.41, 5.74) is 0.529. The summed E-state index contributed by atoms with van der Waals surface area (Å²) in [6, 6.07) is 5.88. The summed E-state index contributed by atoms with van der Waals surface area (Å²) in [7, 11) is 0.479. The van der Waals surface area contributed by atoms with Gasteiger partial charge in [0, 0.05) is 20.2 Å². The van der Waals surface area contributed by atoms with Gasteiger partial charge in [-0.15, -0.1) is 0 Å². The number of aryl methyl sites for hydroxylation is 1. The minimum Gasteiger partial charge on any atom is -0.495 e. The van der Waals surface area contributed by atoms with Crippen molar-refractivity contribution >= 4 is 28.0 Å². The topological polar surface area (TPSA) is 126 Å². The van der Waals surface area contributed by atoms with E-state index in [0.29, 0.717) is 11.3 Å². The smallest absolute Gasteiger partial charge is 0.339 e. The first-order valence-electron chi connectivity index (χ1n) is 8.45. The number of nitrogens with zero attached hydrogens (tertiary/aromatic N) is 1. The van der Waals surface area contributed by atoms with Gasteiger partial charge in [-0.3, -0.25) is 4.79 Å². The van der Waals surface area contributed by atoms with Crippen LogP contribution in [0.3, 0.4) is 0 Å². The second-order valence-electron chi connectivity index (χ2n) is 6.24. The van der Waals surface area contributed by atoms with Gasteiger partial charge >= 0.3 is 5.97 Å². The molecule has 10 heteroatoms. The van der Waals surface area contributed by atoms with Crippen molar-refractivity contribution in [3.8, 4) is 5.75 Å². The van der Waals surface area contributed by atoms with Crippen LogP contribution >= 0.6 is 0 Å². The van der Waals surface area contributed by atoms with E-state index in [9.17, 15) is 18.0 Å². The van der Waals surface area contributed by atoms with Gasteiger partial charge in [0.25, 0.3) is 0 Å². The first-order chi connectivity index (χ1) is 13.6. The fourth-order valence-corrected chi connectivity index (χ4v) is 3.53. The van der Waals surface area contributed by atoms with Gasteiger partial charge in [0.05, 0.1) is 13.7 Å². The Morgan fingerprint density at radius 3 is 2.52 bits per heavy atom. The molecular weight excluding hydrogens is 400 g/mol. The van der Waals surface area contributed by atoms with Crippen molar-refractivity contribution in [3.05, 3.63) is 53.0 Å². The number of hydrogen-bond acceptors (Lipinski definition) is 6. The molecular formula is C19H22N2O7S. The summed E-state index contributed by atoms with van der Waals surface area (Å²) >= 11 is 0. The standard InChI is InChI=1S/C19H22N2O7S/c1-12-15(19(23)24)10-14(28-12)11-20-18(22)8-6-13-5-7-16(27-4)17(9-13)29(25,26)21(2)3/h5-10H,11H2,1-4H3,(H,20,22)(H,23,24). The third-order valence-electron chi connectivity index (χ3n) is 4.01. The lowest BCUT2D eigenvalue weighted by Gasteiger charge is -2.14. The summed E-state index contributed by atoms with van der Waals surface area (Å²) in [5, 5.41) is 11.6. The number of nitrogens with one attached hydrogen (secondary N) is 1. The van der Waals surface area contributed by atoms with Gasteiger partial charge in [0.1, 0.15) is 27.7 Å². The highest BCUT2D eigenvalue weighted by atomic mass is 32.2. The number of methoxy groups -OCH3 is 1. The molecule has 0 unspecified atom stereocenters. The lowest BCUT2D eigenvalue weighted by molar-refractivity contribution is -0.116. The minimum absolute atomic E-state index is 0.0141. The first-order valence-corrected chi connectivity index (χ1v) is 9.89. The molecule has 0 bridgehead atoms. The van der Waals surface area contributed by atoms with E-state index < -0.39 is 21.9 Å². The monoisotopic (exact) mass is 422 g/mol. The third kappa shape index (κ3) is 5.24. The number of carboxylic acid groups (broad SMARTS) is 1. The molecule has 0 aliphatic heterocycles. The Morgan fingerprint density at radius 1 is 1.28 bits per heavy atom. The molecule has 1 aromatic carbocycles. The molecule has 9 nitrogen and oxygen atoms in total. The van der Waals surface area contributed by atoms with Crippen molar-refractivity contribution in [1.29, 1.82) is 0 Å². The van der Waals surface area contributed by atoms with Crippen LogP contribution in [0.25, 0.3) is 6.08 Å². The molecule has 0 spiro atoms. The summed E-state index contributed by atoms with van der Waals surface area (Å²) < 4.78 is 36.3. The minimum atomic E-state index is -3.72. The number of rotatable bonds is 8. The van der Waals surface area contributed by atoms with Crippen LogP contribution in [0, 0.1) is 6.92 Å². The molecule has 0 radical (unpaired) electrons. The third-order valence-corrected chi connectivity index (χ3v) is 5.85. The number of carboxylic acids is 1. The number of hydrogen-bond donors (Lipinski definition) is 2. The predicted molar refractivity (Wildman–Crippen MR) is 105 cm³/mol. The number of benzene rings is 1. The zero-order chi connectivity index (χ0) is 21.8. The van der Waals surface area contributed by atoms with Gasteiger partial charge < -0.3 is 19.6 Å². The average molecular weight is 422 g/mol. The van der Waals surface area contributed by atoms with Crippen molar-refractivity contribution in [2.24, 2.45) is 0 Å². The highest BCUT2D eigenvalue weighted by Gasteiger charge is 2.22. The Balaban J connectivity index is 2.12. The lowest BCUT2D eigenvalue weighted by atomic mass is 10.2. The molecule has 2 N–H and O–H groups in total. The molecule has 0 aliphatic rings. The first kappa shape index (κ1) is 22.2. The van der Waals surface area contributed by atoms with Crippen LogP contribution in [0.2, 0.25) is 0 Å². The normalized spacial score (nSPS) is 11.8. The second-order valence-corrected chi connectivity index (χ2v) is 8.36. The van der Waals surface area contributed by atoms with Crippen LogP contribution in [0.15, 0.2) is 39.7 Å². The maximum absolute atomic E-state index is 12.4. The van der Waals surface area contributed by atoms with E-state index in [1.54, 1.807) is 6.07 Å².